The summed E-state index contributed by atoms with van der Waals surface area (Å²) in [6.07, 6.45) is 1.40. The van der Waals surface area contributed by atoms with Crippen molar-refractivity contribution in [1.29, 1.82) is 5.26 Å². The van der Waals surface area contributed by atoms with Gasteiger partial charge in [0, 0.05) is 11.8 Å². The minimum atomic E-state index is -0.436. The van der Waals surface area contributed by atoms with Crippen LogP contribution in [-0.2, 0) is 4.74 Å². The maximum absolute atomic E-state index is 11.9. The van der Waals surface area contributed by atoms with E-state index < -0.39 is 5.97 Å². The molecular formula is C19H15N5O2. The van der Waals surface area contributed by atoms with Crippen LogP contribution in [0.5, 0.6) is 0 Å². The van der Waals surface area contributed by atoms with Crippen molar-refractivity contribution in [3.05, 3.63) is 72.1 Å². The van der Waals surface area contributed by atoms with Gasteiger partial charge >= 0.3 is 5.97 Å². The molecule has 0 amide bonds. The molecule has 0 bridgehead atoms. The van der Waals surface area contributed by atoms with Gasteiger partial charge in [-0.25, -0.2) is 14.8 Å². The van der Waals surface area contributed by atoms with Crippen molar-refractivity contribution in [3.63, 3.8) is 0 Å². The van der Waals surface area contributed by atoms with Crippen LogP contribution in [0.2, 0.25) is 0 Å². The molecule has 2 N–H and O–H groups in total. The maximum atomic E-state index is 11.9. The number of rotatable bonds is 5. The Bertz CT molecular complexity index is 981. The standard InChI is InChI=1S/C19H15N5O2/c1-26-19(25)15-7-2-3-8-16(15)24-18-10-17(21-12-22-18)23-14-6-4-5-13(9-14)11-20/h2-10,12H,1H3,(H2,21,22,23,24). The first-order valence-electron chi connectivity index (χ1n) is 7.73. The Labute approximate surface area is 150 Å². The van der Waals surface area contributed by atoms with Crippen molar-refractivity contribution in [2.45, 2.75) is 0 Å². The van der Waals surface area contributed by atoms with Gasteiger partial charge in [0.1, 0.15) is 18.0 Å². The van der Waals surface area contributed by atoms with Gasteiger partial charge in [0.2, 0.25) is 0 Å². The van der Waals surface area contributed by atoms with Gasteiger partial charge in [-0.3, -0.25) is 0 Å². The van der Waals surface area contributed by atoms with E-state index in [0.29, 0.717) is 28.5 Å². The van der Waals surface area contributed by atoms with E-state index in [9.17, 15) is 4.79 Å². The lowest BCUT2D eigenvalue weighted by Crippen LogP contribution is -2.06. The lowest BCUT2D eigenvalue weighted by atomic mass is 10.2. The summed E-state index contributed by atoms with van der Waals surface area (Å²) >= 11 is 0. The van der Waals surface area contributed by atoms with Crippen molar-refractivity contribution in [1.82, 2.24) is 9.97 Å². The molecule has 1 heterocycles. The number of nitrogens with one attached hydrogen (secondary N) is 2. The molecule has 2 aromatic carbocycles. The number of esters is 1. The molecule has 128 valence electrons. The third kappa shape index (κ3) is 3.94. The first-order valence-corrected chi connectivity index (χ1v) is 7.73. The van der Waals surface area contributed by atoms with E-state index in [1.807, 2.05) is 12.1 Å². The van der Waals surface area contributed by atoms with Crippen LogP contribution < -0.4 is 10.6 Å². The van der Waals surface area contributed by atoms with Crippen LogP contribution in [0.3, 0.4) is 0 Å². The molecule has 26 heavy (non-hydrogen) atoms. The zero-order valence-corrected chi connectivity index (χ0v) is 13.9. The summed E-state index contributed by atoms with van der Waals surface area (Å²) in [5, 5.41) is 15.2. The summed E-state index contributed by atoms with van der Waals surface area (Å²) < 4.78 is 4.79. The Morgan fingerprint density at radius 3 is 2.58 bits per heavy atom. The molecule has 7 heteroatoms. The van der Waals surface area contributed by atoms with Crippen LogP contribution in [0, 0.1) is 11.3 Å². The predicted octanol–water partition coefficient (Wildman–Crippen LogP) is 3.62. The van der Waals surface area contributed by atoms with Gasteiger partial charge in [-0.15, -0.1) is 0 Å². The van der Waals surface area contributed by atoms with E-state index in [2.05, 4.69) is 26.7 Å². The molecule has 0 radical (unpaired) electrons. The van der Waals surface area contributed by atoms with Gasteiger partial charge < -0.3 is 15.4 Å². The monoisotopic (exact) mass is 345 g/mol. The highest BCUT2D eigenvalue weighted by Gasteiger charge is 2.11. The van der Waals surface area contributed by atoms with Crippen molar-refractivity contribution >= 4 is 29.0 Å². The second-order valence-electron chi connectivity index (χ2n) is 5.27. The Kier molecular flexibility index (Phi) is 5.05. The van der Waals surface area contributed by atoms with Crippen molar-refractivity contribution in [2.75, 3.05) is 17.7 Å². The van der Waals surface area contributed by atoms with Crippen LogP contribution >= 0.6 is 0 Å². The number of aromatic nitrogens is 2. The summed E-state index contributed by atoms with van der Waals surface area (Å²) in [5.74, 6) is 0.622. The SMILES string of the molecule is COC(=O)c1ccccc1Nc1cc(Nc2cccc(C#N)c2)ncn1. The molecule has 3 aromatic rings. The van der Waals surface area contributed by atoms with Crippen LogP contribution in [0.15, 0.2) is 60.9 Å². The molecule has 0 saturated heterocycles. The van der Waals surface area contributed by atoms with E-state index >= 15 is 0 Å². The summed E-state index contributed by atoms with van der Waals surface area (Å²) in [7, 11) is 1.33. The predicted molar refractivity (Wildman–Crippen MR) is 97.5 cm³/mol. The molecule has 0 fully saturated rings. The number of methoxy groups -OCH3 is 1. The van der Waals surface area contributed by atoms with Crippen LogP contribution in [-0.4, -0.2) is 23.0 Å². The summed E-state index contributed by atoms with van der Waals surface area (Å²) in [6.45, 7) is 0. The molecule has 1 aromatic heterocycles. The fourth-order valence-electron chi connectivity index (χ4n) is 2.33. The zero-order valence-electron chi connectivity index (χ0n) is 13.9. The van der Waals surface area contributed by atoms with Crippen molar-refractivity contribution in [2.24, 2.45) is 0 Å². The second-order valence-corrected chi connectivity index (χ2v) is 5.27. The van der Waals surface area contributed by atoms with Gasteiger partial charge in [-0.1, -0.05) is 18.2 Å². The minimum absolute atomic E-state index is 0.407. The highest BCUT2D eigenvalue weighted by atomic mass is 16.5. The van der Waals surface area contributed by atoms with Gasteiger partial charge in [-0.05, 0) is 30.3 Å². The highest BCUT2D eigenvalue weighted by Crippen LogP contribution is 2.22. The third-order valence-corrected chi connectivity index (χ3v) is 3.53. The van der Waals surface area contributed by atoms with Gasteiger partial charge in [0.25, 0.3) is 0 Å². The zero-order chi connectivity index (χ0) is 18.4. The van der Waals surface area contributed by atoms with Gasteiger partial charge in [0.15, 0.2) is 0 Å². The molecule has 0 aliphatic rings. The Balaban J connectivity index is 1.82. The van der Waals surface area contributed by atoms with Crippen LogP contribution in [0.4, 0.5) is 23.0 Å². The molecule has 0 atom stereocenters. The highest BCUT2D eigenvalue weighted by molar-refractivity contribution is 5.96. The van der Waals surface area contributed by atoms with Crippen molar-refractivity contribution in [3.8, 4) is 6.07 Å². The van der Waals surface area contributed by atoms with Gasteiger partial charge in [0.05, 0.1) is 30.0 Å². The smallest absolute Gasteiger partial charge is 0.339 e. The fourth-order valence-corrected chi connectivity index (χ4v) is 2.33. The topological polar surface area (TPSA) is 99.9 Å². The van der Waals surface area contributed by atoms with Crippen LogP contribution in [0.1, 0.15) is 15.9 Å². The Morgan fingerprint density at radius 1 is 1.04 bits per heavy atom. The molecule has 0 aliphatic carbocycles. The molecule has 3 rings (SSSR count). The first-order chi connectivity index (χ1) is 12.7. The summed E-state index contributed by atoms with van der Waals surface area (Å²) in [5.41, 5.74) is 2.28. The van der Waals surface area contributed by atoms with Crippen molar-refractivity contribution < 1.29 is 9.53 Å². The number of anilines is 4. The molecular weight excluding hydrogens is 330 g/mol. The summed E-state index contributed by atoms with van der Waals surface area (Å²) in [6, 6.07) is 17.9. The molecule has 0 unspecified atom stereocenters. The Hall–Kier alpha value is -3.92. The first kappa shape index (κ1) is 16.9. The van der Waals surface area contributed by atoms with Crippen LogP contribution in [0.25, 0.3) is 0 Å². The number of ether oxygens (including phenoxy) is 1. The lowest BCUT2D eigenvalue weighted by molar-refractivity contribution is 0.0602. The maximum Gasteiger partial charge on any atom is 0.339 e. The van der Waals surface area contributed by atoms with E-state index in [4.69, 9.17) is 10.00 Å². The fraction of sp³-hybridized carbons (Fsp3) is 0.0526. The number of nitrogens with zero attached hydrogens (tertiary/aromatic N) is 3. The number of hydrogen-bond donors (Lipinski definition) is 2. The molecule has 0 aliphatic heterocycles. The molecule has 0 saturated carbocycles. The Morgan fingerprint density at radius 2 is 1.81 bits per heavy atom. The third-order valence-electron chi connectivity index (χ3n) is 3.53. The summed E-state index contributed by atoms with van der Waals surface area (Å²) in [4.78, 5) is 20.2. The average Bonchev–Trinajstić information content (AvgIpc) is 2.68. The van der Waals surface area contributed by atoms with Gasteiger partial charge in [-0.2, -0.15) is 5.26 Å². The normalized spacial score (nSPS) is 9.85. The largest absolute Gasteiger partial charge is 0.465 e. The second kappa shape index (κ2) is 7.77. The van der Waals surface area contributed by atoms with E-state index in [1.54, 1.807) is 42.5 Å². The number of nitriles is 1. The quantitative estimate of drug-likeness (QED) is 0.681. The number of carbonyl (C=O) groups excluding carboxylic acids is 1. The van der Waals surface area contributed by atoms with E-state index in [1.165, 1.54) is 13.4 Å². The number of benzene rings is 2. The van der Waals surface area contributed by atoms with E-state index in [0.717, 1.165) is 5.69 Å². The molecule has 7 nitrogen and oxygen atoms in total. The molecule has 0 spiro atoms. The average molecular weight is 345 g/mol. The number of carbonyl (C=O) groups is 1. The van der Waals surface area contributed by atoms with E-state index in [-0.39, 0.29) is 0 Å². The lowest BCUT2D eigenvalue weighted by Gasteiger charge is -2.11. The number of para-hydroxylation sites is 1. The number of hydrogen-bond acceptors (Lipinski definition) is 7. The minimum Gasteiger partial charge on any atom is -0.465 e.